The van der Waals surface area contributed by atoms with Gasteiger partial charge in [-0.05, 0) is 42.5 Å². The van der Waals surface area contributed by atoms with Gasteiger partial charge in [0.15, 0.2) is 0 Å². The van der Waals surface area contributed by atoms with E-state index in [1.807, 2.05) is 0 Å². The van der Waals surface area contributed by atoms with Crippen molar-refractivity contribution in [2.45, 2.75) is 12.8 Å². The molecule has 0 unspecified atom stereocenters. The van der Waals surface area contributed by atoms with Crippen LogP contribution in [0, 0.1) is 5.82 Å². The Labute approximate surface area is 108 Å². The molecule has 1 aliphatic heterocycles. The third kappa shape index (κ3) is 2.04. The zero-order valence-electron chi connectivity index (χ0n) is 9.61. The Kier molecular flexibility index (Phi) is 2.88. The summed E-state index contributed by atoms with van der Waals surface area (Å²) in [5.74, 6) is -0.282. The molecule has 0 amide bonds. The minimum absolute atomic E-state index is 0.00342. The number of carbonyl (C=O) groups excluding carboxylic acids is 1. The number of rotatable bonds is 2. The molecule has 0 aliphatic carbocycles. The second kappa shape index (κ2) is 4.53. The van der Waals surface area contributed by atoms with Gasteiger partial charge in [-0.2, -0.15) is 0 Å². The Morgan fingerprint density at radius 2 is 2.22 bits per heavy atom. The van der Waals surface area contributed by atoms with E-state index in [9.17, 15) is 9.18 Å². The maximum absolute atomic E-state index is 13.1. The van der Waals surface area contributed by atoms with E-state index in [0.717, 1.165) is 22.9 Å². The Balaban J connectivity index is 1.98. The lowest BCUT2D eigenvalue weighted by Crippen LogP contribution is -2.07. The standard InChI is InChI=1S/C14H11FO2S/c15-11-3-4-12-10(6-11)7-13(18-12)14(16)9-2-1-5-17-8-9/h3-4,6-8H,1-2,5H2. The first kappa shape index (κ1) is 11.4. The fraction of sp³-hybridized carbons (Fsp3) is 0.214. The van der Waals surface area contributed by atoms with E-state index < -0.39 is 0 Å². The average Bonchev–Trinajstić information content (AvgIpc) is 2.81. The summed E-state index contributed by atoms with van der Waals surface area (Å²) < 4.78 is 19.2. The SMILES string of the molecule is O=C(C1=COCCC1)c1cc2cc(F)ccc2s1. The zero-order valence-corrected chi connectivity index (χ0v) is 10.4. The van der Waals surface area contributed by atoms with E-state index in [1.165, 1.54) is 23.5 Å². The molecule has 0 spiro atoms. The van der Waals surface area contributed by atoms with E-state index in [1.54, 1.807) is 18.4 Å². The molecule has 3 rings (SSSR count). The summed E-state index contributed by atoms with van der Waals surface area (Å²) in [5, 5.41) is 0.778. The summed E-state index contributed by atoms with van der Waals surface area (Å²) in [6.45, 7) is 0.675. The van der Waals surface area contributed by atoms with Gasteiger partial charge in [0.2, 0.25) is 5.78 Å². The van der Waals surface area contributed by atoms with Gasteiger partial charge in [0.05, 0.1) is 17.7 Å². The van der Waals surface area contributed by atoms with Crippen LogP contribution in [0.4, 0.5) is 4.39 Å². The van der Waals surface area contributed by atoms with Crippen LogP contribution in [0.25, 0.3) is 10.1 Å². The maximum atomic E-state index is 13.1. The number of benzene rings is 1. The number of fused-ring (bicyclic) bond motifs is 1. The van der Waals surface area contributed by atoms with Crippen molar-refractivity contribution in [3.8, 4) is 0 Å². The monoisotopic (exact) mass is 262 g/mol. The summed E-state index contributed by atoms with van der Waals surface area (Å²) in [5.41, 5.74) is 0.702. The van der Waals surface area contributed by atoms with Crippen LogP contribution in [0.5, 0.6) is 0 Å². The summed E-state index contributed by atoms with van der Waals surface area (Å²) in [7, 11) is 0. The molecule has 0 N–H and O–H groups in total. The van der Waals surface area contributed by atoms with Gasteiger partial charge >= 0.3 is 0 Å². The van der Waals surface area contributed by atoms with Gasteiger partial charge in [0.1, 0.15) is 5.82 Å². The fourth-order valence-electron chi connectivity index (χ4n) is 2.02. The van der Waals surface area contributed by atoms with Crippen molar-refractivity contribution in [1.82, 2.24) is 0 Å². The van der Waals surface area contributed by atoms with E-state index in [-0.39, 0.29) is 11.6 Å². The Hall–Kier alpha value is -1.68. The van der Waals surface area contributed by atoms with Gasteiger partial charge in [0.25, 0.3) is 0 Å². The van der Waals surface area contributed by atoms with Crippen molar-refractivity contribution < 1.29 is 13.9 Å². The number of Topliss-reactive ketones (excluding diaryl/α,β-unsaturated/α-hetero) is 1. The lowest BCUT2D eigenvalue weighted by Gasteiger charge is -2.11. The third-order valence-electron chi connectivity index (χ3n) is 2.93. The first-order valence-electron chi connectivity index (χ1n) is 5.78. The number of thiophene rings is 1. The molecule has 18 heavy (non-hydrogen) atoms. The van der Waals surface area contributed by atoms with Crippen molar-refractivity contribution in [3.05, 3.63) is 46.8 Å². The van der Waals surface area contributed by atoms with Crippen molar-refractivity contribution in [1.29, 1.82) is 0 Å². The third-order valence-corrected chi connectivity index (χ3v) is 4.04. The van der Waals surface area contributed by atoms with Gasteiger partial charge < -0.3 is 4.74 Å². The highest BCUT2D eigenvalue weighted by Gasteiger charge is 2.17. The second-order valence-corrected chi connectivity index (χ2v) is 5.32. The molecule has 2 nitrogen and oxygen atoms in total. The van der Waals surface area contributed by atoms with E-state index in [4.69, 9.17) is 4.74 Å². The minimum atomic E-state index is -0.278. The summed E-state index contributed by atoms with van der Waals surface area (Å²) in [6, 6.07) is 6.32. The average molecular weight is 262 g/mol. The molecule has 0 radical (unpaired) electrons. The zero-order chi connectivity index (χ0) is 12.5. The molecule has 0 fully saturated rings. The first-order valence-corrected chi connectivity index (χ1v) is 6.60. The van der Waals surface area contributed by atoms with Gasteiger partial charge in [0, 0.05) is 10.3 Å². The van der Waals surface area contributed by atoms with E-state index >= 15 is 0 Å². The number of allylic oxidation sites excluding steroid dienone is 1. The van der Waals surface area contributed by atoms with Gasteiger partial charge in [-0.1, -0.05) is 0 Å². The van der Waals surface area contributed by atoms with Crippen LogP contribution in [0.15, 0.2) is 36.1 Å². The molecule has 0 atom stereocenters. The van der Waals surface area contributed by atoms with Crippen LogP contribution in [0.1, 0.15) is 22.5 Å². The van der Waals surface area contributed by atoms with Crippen molar-refractivity contribution in [3.63, 3.8) is 0 Å². The van der Waals surface area contributed by atoms with Crippen LogP contribution in [-0.2, 0) is 4.74 Å². The highest BCUT2D eigenvalue weighted by Crippen LogP contribution is 2.29. The highest BCUT2D eigenvalue weighted by molar-refractivity contribution is 7.21. The lowest BCUT2D eigenvalue weighted by molar-refractivity contribution is 0.101. The largest absolute Gasteiger partial charge is 0.501 e. The number of hydrogen-bond donors (Lipinski definition) is 0. The van der Waals surface area contributed by atoms with Crippen LogP contribution >= 0.6 is 11.3 Å². The predicted molar refractivity (Wildman–Crippen MR) is 69.4 cm³/mol. The molecule has 1 aliphatic rings. The summed E-state index contributed by atoms with van der Waals surface area (Å²) in [6.07, 6.45) is 3.18. The van der Waals surface area contributed by atoms with Crippen molar-refractivity contribution in [2.75, 3.05) is 6.61 Å². The predicted octanol–water partition coefficient (Wildman–Crippen LogP) is 3.92. The molecule has 2 aromatic rings. The van der Waals surface area contributed by atoms with Crippen LogP contribution in [0.2, 0.25) is 0 Å². The number of ether oxygens (including phenoxy) is 1. The van der Waals surface area contributed by atoms with Gasteiger partial charge in [-0.15, -0.1) is 11.3 Å². The first-order chi connectivity index (χ1) is 8.74. The van der Waals surface area contributed by atoms with Crippen LogP contribution in [-0.4, -0.2) is 12.4 Å². The molecule has 92 valence electrons. The van der Waals surface area contributed by atoms with Crippen LogP contribution < -0.4 is 0 Å². The normalized spacial score (nSPS) is 15.3. The number of carbonyl (C=O) groups is 1. The van der Waals surface area contributed by atoms with Crippen molar-refractivity contribution >= 4 is 27.2 Å². The van der Waals surface area contributed by atoms with E-state index in [2.05, 4.69) is 0 Å². The Bertz CT molecular complexity index is 642. The second-order valence-electron chi connectivity index (χ2n) is 4.24. The molecule has 0 saturated heterocycles. The quantitative estimate of drug-likeness (QED) is 0.767. The Morgan fingerprint density at radius 3 is 3.00 bits per heavy atom. The molecule has 4 heteroatoms. The van der Waals surface area contributed by atoms with Gasteiger partial charge in [-0.3, -0.25) is 4.79 Å². The summed E-state index contributed by atoms with van der Waals surface area (Å²) >= 11 is 1.40. The van der Waals surface area contributed by atoms with E-state index in [0.29, 0.717) is 17.1 Å². The molecular weight excluding hydrogens is 251 g/mol. The molecule has 0 saturated carbocycles. The molecule has 0 bridgehead atoms. The molecule has 2 heterocycles. The molecule has 1 aromatic heterocycles. The number of hydrogen-bond acceptors (Lipinski definition) is 3. The van der Waals surface area contributed by atoms with Crippen LogP contribution in [0.3, 0.4) is 0 Å². The lowest BCUT2D eigenvalue weighted by atomic mass is 10.0. The maximum Gasteiger partial charge on any atom is 0.202 e. The smallest absolute Gasteiger partial charge is 0.202 e. The minimum Gasteiger partial charge on any atom is -0.501 e. The fourth-order valence-corrected chi connectivity index (χ4v) is 3.03. The topological polar surface area (TPSA) is 26.3 Å². The van der Waals surface area contributed by atoms with Crippen molar-refractivity contribution in [2.24, 2.45) is 0 Å². The molecular formula is C14H11FO2S. The highest BCUT2D eigenvalue weighted by atomic mass is 32.1. The van der Waals surface area contributed by atoms with Gasteiger partial charge in [-0.25, -0.2) is 4.39 Å². The Morgan fingerprint density at radius 1 is 1.33 bits per heavy atom. The summed E-state index contributed by atoms with van der Waals surface area (Å²) in [4.78, 5) is 12.9. The number of ketones is 1. The molecule has 1 aromatic carbocycles. The number of halogens is 1.